The summed E-state index contributed by atoms with van der Waals surface area (Å²) in [6.45, 7) is 5.33. The number of hydrogen-bond donors (Lipinski definition) is 1. The summed E-state index contributed by atoms with van der Waals surface area (Å²) in [4.78, 5) is 12.5. The van der Waals surface area contributed by atoms with Gasteiger partial charge in [-0.2, -0.15) is 17.0 Å². The highest BCUT2D eigenvalue weighted by molar-refractivity contribution is 7.86. The topological polar surface area (TPSA) is 81.2 Å². The Kier molecular flexibility index (Phi) is 8.26. The lowest BCUT2D eigenvalue weighted by atomic mass is 10.2. The quantitative estimate of drug-likeness (QED) is 0.621. The molecule has 0 aliphatic carbocycles. The number of nitrogens with zero attached hydrogens (tertiary/aromatic N) is 3. The average Bonchev–Trinajstić information content (AvgIpc) is 2.30. The van der Waals surface area contributed by atoms with Gasteiger partial charge in [0.15, 0.2) is 0 Å². The molecule has 120 valence electrons. The first-order chi connectivity index (χ1) is 9.07. The second kappa shape index (κ2) is 8.56. The average molecular weight is 309 g/mol. The summed E-state index contributed by atoms with van der Waals surface area (Å²) >= 11 is 0. The number of carboxylic acids is 1. The molecule has 0 aliphatic heterocycles. The van der Waals surface area contributed by atoms with Crippen molar-refractivity contribution in [3.63, 3.8) is 0 Å². The predicted octanol–water partition coefficient (Wildman–Crippen LogP) is 0.157. The molecule has 0 radical (unpaired) electrons. The highest BCUT2D eigenvalue weighted by atomic mass is 32.2. The molecule has 0 saturated heterocycles. The lowest BCUT2D eigenvalue weighted by Gasteiger charge is -2.29. The van der Waals surface area contributed by atoms with E-state index in [4.69, 9.17) is 5.11 Å². The van der Waals surface area contributed by atoms with Crippen LogP contribution in [0.4, 0.5) is 0 Å². The fourth-order valence-corrected chi connectivity index (χ4v) is 3.10. The Morgan fingerprint density at radius 2 is 1.65 bits per heavy atom. The molecule has 0 unspecified atom stereocenters. The summed E-state index contributed by atoms with van der Waals surface area (Å²) in [5, 5.41) is 8.65. The van der Waals surface area contributed by atoms with Crippen LogP contribution >= 0.6 is 0 Å². The van der Waals surface area contributed by atoms with Gasteiger partial charge in [0.1, 0.15) is 0 Å². The van der Waals surface area contributed by atoms with Gasteiger partial charge in [-0.05, 0) is 20.0 Å². The normalized spacial score (nSPS) is 12.8. The summed E-state index contributed by atoms with van der Waals surface area (Å²) in [6.07, 6.45) is -0.196. The van der Waals surface area contributed by atoms with Crippen LogP contribution in [0.1, 0.15) is 20.3 Å². The fourth-order valence-electron chi connectivity index (χ4n) is 1.59. The second-order valence-electron chi connectivity index (χ2n) is 5.53. The molecular formula is C12H27N3O4S. The first kappa shape index (κ1) is 19.3. The number of likely N-dealkylation sites (N-methyl/N-ethyl adjacent to an activating group) is 1. The van der Waals surface area contributed by atoms with Gasteiger partial charge < -0.3 is 10.0 Å². The van der Waals surface area contributed by atoms with E-state index in [2.05, 4.69) is 0 Å². The Balaban J connectivity index is 4.86. The molecule has 0 fully saturated rings. The maximum atomic E-state index is 12.4. The molecule has 0 rings (SSSR count). The van der Waals surface area contributed by atoms with Crippen LogP contribution in [0, 0.1) is 5.92 Å². The van der Waals surface area contributed by atoms with Crippen molar-refractivity contribution in [1.29, 1.82) is 0 Å². The number of rotatable bonds is 10. The predicted molar refractivity (Wildman–Crippen MR) is 78.8 cm³/mol. The maximum absolute atomic E-state index is 12.4. The molecule has 20 heavy (non-hydrogen) atoms. The molecule has 0 atom stereocenters. The number of carboxylic acid groups (broad SMARTS) is 1. The SMILES string of the molecule is CC(C)CN(CCN(C)C)S(=O)(=O)N(C)CCC(=O)O. The van der Waals surface area contributed by atoms with Crippen LogP contribution in [0.2, 0.25) is 0 Å². The van der Waals surface area contributed by atoms with Gasteiger partial charge in [-0.3, -0.25) is 4.79 Å². The van der Waals surface area contributed by atoms with Gasteiger partial charge in [0.25, 0.3) is 10.2 Å². The Hall–Kier alpha value is -0.700. The van der Waals surface area contributed by atoms with E-state index >= 15 is 0 Å². The lowest BCUT2D eigenvalue weighted by Crippen LogP contribution is -2.46. The molecule has 0 saturated carbocycles. The Morgan fingerprint density at radius 3 is 2.05 bits per heavy atom. The molecule has 0 aromatic rings. The van der Waals surface area contributed by atoms with Crippen molar-refractivity contribution in [3.8, 4) is 0 Å². The summed E-state index contributed by atoms with van der Waals surface area (Å²) < 4.78 is 27.4. The van der Waals surface area contributed by atoms with Gasteiger partial charge in [-0.25, -0.2) is 0 Å². The number of carbonyl (C=O) groups is 1. The van der Waals surface area contributed by atoms with Crippen molar-refractivity contribution in [2.24, 2.45) is 5.92 Å². The maximum Gasteiger partial charge on any atom is 0.304 e. The van der Waals surface area contributed by atoms with Crippen LogP contribution in [-0.4, -0.2) is 80.3 Å². The van der Waals surface area contributed by atoms with Gasteiger partial charge >= 0.3 is 5.97 Å². The molecule has 1 N–H and O–H groups in total. The van der Waals surface area contributed by atoms with Gasteiger partial charge in [-0.15, -0.1) is 0 Å². The van der Waals surface area contributed by atoms with Gasteiger partial charge in [0.05, 0.1) is 6.42 Å². The molecule has 8 heteroatoms. The highest BCUT2D eigenvalue weighted by Crippen LogP contribution is 2.10. The third-order valence-corrected chi connectivity index (χ3v) is 4.68. The third-order valence-electron chi connectivity index (χ3n) is 2.73. The molecule has 0 spiro atoms. The van der Waals surface area contributed by atoms with Crippen LogP contribution in [0.25, 0.3) is 0 Å². The Labute approximate surface area is 122 Å². The van der Waals surface area contributed by atoms with Crippen LogP contribution < -0.4 is 0 Å². The van der Waals surface area contributed by atoms with Gasteiger partial charge in [-0.1, -0.05) is 13.8 Å². The van der Waals surface area contributed by atoms with Gasteiger partial charge in [0, 0.05) is 33.2 Å². The highest BCUT2D eigenvalue weighted by Gasteiger charge is 2.27. The minimum Gasteiger partial charge on any atom is -0.481 e. The largest absolute Gasteiger partial charge is 0.481 e. The lowest BCUT2D eigenvalue weighted by molar-refractivity contribution is -0.137. The van der Waals surface area contributed by atoms with E-state index in [0.717, 1.165) is 4.31 Å². The number of hydrogen-bond acceptors (Lipinski definition) is 4. The molecule has 0 aromatic heterocycles. The summed E-state index contributed by atoms with van der Waals surface area (Å²) in [6, 6.07) is 0. The first-order valence-corrected chi connectivity index (χ1v) is 8.05. The molecule has 0 aliphatic rings. The van der Waals surface area contributed by atoms with Crippen molar-refractivity contribution < 1.29 is 18.3 Å². The van der Waals surface area contributed by atoms with Crippen molar-refractivity contribution in [3.05, 3.63) is 0 Å². The minimum absolute atomic E-state index is 0.0196. The molecule has 0 heterocycles. The van der Waals surface area contributed by atoms with E-state index in [-0.39, 0.29) is 18.9 Å². The molecule has 0 aromatic carbocycles. The van der Waals surface area contributed by atoms with Crippen molar-refractivity contribution in [2.75, 3.05) is 47.3 Å². The molecule has 0 bridgehead atoms. The van der Waals surface area contributed by atoms with E-state index in [1.54, 1.807) is 0 Å². The molecular weight excluding hydrogens is 282 g/mol. The van der Waals surface area contributed by atoms with Gasteiger partial charge in [0.2, 0.25) is 0 Å². The van der Waals surface area contributed by atoms with E-state index in [1.807, 2.05) is 32.8 Å². The Morgan fingerprint density at radius 1 is 1.10 bits per heavy atom. The van der Waals surface area contributed by atoms with E-state index in [0.29, 0.717) is 19.6 Å². The fraction of sp³-hybridized carbons (Fsp3) is 0.917. The van der Waals surface area contributed by atoms with E-state index in [1.165, 1.54) is 11.4 Å². The number of aliphatic carboxylic acids is 1. The monoisotopic (exact) mass is 309 g/mol. The van der Waals surface area contributed by atoms with Crippen LogP contribution in [-0.2, 0) is 15.0 Å². The van der Waals surface area contributed by atoms with Crippen LogP contribution in [0.3, 0.4) is 0 Å². The van der Waals surface area contributed by atoms with E-state index < -0.39 is 16.2 Å². The standard InChI is InChI=1S/C12H27N3O4S/c1-11(2)10-15(9-8-13(3)4)20(18,19)14(5)7-6-12(16)17/h11H,6-10H2,1-5H3,(H,16,17). The van der Waals surface area contributed by atoms with Crippen molar-refractivity contribution in [1.82, 2.24) is 13.5 Å². The zero-order valence-electron chi connectivity index (χ0n) is 13.0. The van der Waals surface area contributed by atoms with Crippen molar-refractivity contribution in [2.45, 2.75) is 20.3 Å². The molecule has 0 amide bonds. The Bertz CT molecular complexity index is 396. The minimum atomic E-state index is -3.61. The first-order valence-electron chi connectivity index (χ1n) is 6.65. The van der Waals surface area contributed by atoms with Crippen LogP contribution in [0.5, 0.6) is 0 Å². The summed E-state index contributed by atoms with van der Waals surface area (Å²) in [5.74, 6) is -0.796. The van der Waals surface area contributed by atoms with Crippen molar-refractivity contribution >= 4 is 16.2 Å². The summed E-state index contributed by atoms with van der Waals surface area (Å²) in [5.41, 5.74) is 0. The molecule has 7 nitrogen and oxygen atoms in total. The smallest absolute Gasteiger partial charge is 0.304 e. The zero-order valence-corrected chi connectivity index (χ0v) is 13.9. The second-order valence-corrected chi connectivity index (χ2v) is 7.56. The zero-order chi connectivity index (χ0) is 15.9. The third kappa shape index (κ3) is 7.18. The van der Waals surface area contributed by atoms with E-state index in [9.17, 15) is 13.2 Å². The van der Waals surface area contributed by atoms with Crippen LogP contribution in [0.15, 0.2) is 0 Å². The summed E-state index contributed by atoms with van der Waals surface area (Å²) in [7, 11) is 1.57.